The lowest BCUT2D eigenvalue weighted by Gasteiger charge is -2.31. The van der Waals surface area contributed by atoms with E-state index < -0.39 is 16.1 Å². The Hall–Kier alpha value is -2.58. The summed E-state index contributed by atoms with van der Waals surface area (Å²) in [5, 5.41) is 3.40. The zero-order valence-electron chi connectivity index (χ0n) is 22.8. The number of amides is 2. The van der Waals surface area contributed by atoms with E-state index in [1.807, 2.05) is 58.9 Å². The van der Waals surface area contributed by atoms with Gasteiger partial charge in [-0.2, -0.15) is 0 Å². The molecule has 7 nitrogen and oxygen atoms in total. The minimum atomic E-state index is -3.59. The molecule has 9 heteroatoms. The van der Waals surface area contributed by atoms with Crippen LogP contribution in [0.1, 0.15) is 56.7 Å². The maximum absolute atomic E-state index is 13.5. The molecule has 37 heavy (non-hydrogen) atoms. The molecule has 0 aromatic heterocycles. The molecule has 0 aliphatic carbocycles. The van der Waals surface area contributed by atoms with Crippen LogP contribution in [0.2, 0.25) is 5.02 Å². The van der Waals surface area contributed by atoms with E-state index in [0.29, 0.717) is 42.6 Å². The van der Waals surface area contributed by atoms with Crippen molar-refractivity contribution in [3.8, 4) is 0 Å². The minimum Gasteiger partial charge on any atom is -0.354 e. The number of hydrogen-bond donors (Lipinski definition) is 1. The Morgan fingerprint density at radius 1 is 1.08 bits per heavy atom. The summed E-state index contributed by atoms with van der Waals surface area (Å²) in [5.41, 5.74) is 3.28. The standard InChI is InChI=1S/C28H40ClN3O4S/c1-7-25(28(34)30-18-20(2)3)31(19-23-11-8-10-21(4)16-23)27(33)12-9-15-32(37(6,35)36)26-17-24(29)14-13-22(26)5/h8,10-11,13-14,16-17,20,25H,7,9,12,15,18-19H2,1-6H3,(H,30,34)/t25-/m0/s1. The van der Waals surface area contributed by atoms with Gasteiger partial charge in [0.05, 0.1) is 11.9 Å². The van der Waals surface area contributed by atoms with Crippen molar-refractivity contribution in [3.63, 3.8) is 0 Å². The maximum Gasteiger partial charge on any atom is 0.242 e. The lowest BCUT2D eigenvalue weighted by Crippen LogP contribution is -2.49. The predicted molar refractivity (Wildman–Crippen MR) is 151 cm³/mol. The quantitative estimate of drug-likeness (QED) is 0.377. The number of nitrogens with zero attached hydrogens (tertiary/aromatic N) is 2. The molecule has 0 radical (unpaired) electrons. The van der Waals surface area contributed by atoms with Gasteiger partial charge in [0.25, 0.3) is 0 Å². The molecule has 2 aromatic rings. The summed E-state index contributed by atoms with van der Waals surface area (Å²) in [7, 11) is -3.59. The molecule has 0 unspecified atom stereocenters. The number of nitrogens with one attached hydrogen (secondary N) is 1. The third kappa shape index (κ3) is 9.34. The first kappa shape index (κ1) is 30.6. The van der Waals surface area contributed by atoms with Crippen LogP contribution in [-0.4, -0.2) is 50.5 Å². The second-order valence-electron chi connectivity index (χ2n) is 9.94. The third-order valence-electron chi connectivity index (χ3n) is 6.10. The summed E-state index contributed by atoms with van der Waals surface area (Å²) in [4.78, 5) is 28.2. The summed E-state index contributed by atoms with van der Waals surface area (Å²) < 4.78 is 26.5. The van der Waals surface area contributed by atoms with Gasteiger partial charge in [-0.3, -0.25) is 13.9 Å². The fourth-order valence-electron chi connectivity index (χ4n) is 4.18. The number of benzene rings is 2. The normalized spacial score (nSPS) is 12.3. The van der Waals surface area contributed by atoms with Crippen molar-refractivity contribution in [2.24, 2.45) is 5.92 Å². The zero-order valence-corrected chi connectivity index (χ0v) is 24.3. The Kier molecular flexibility index (Phi) is 11.4. The molecule has 0 aliphatic heterocycles. The van der Waals surface area contributed by atoms with Crippen molar-refractivity contribution in [3.05, 3.63) is 64.2 Å². The van der Waals surface area contributed by atoms with Crippen molar-refractivity contribution in [1.29, 1.82) is 0 Å². The van der Waals surface area contributed by atoms with E-state index in [-0.39, 0.29) is 24.8 Å². The Bertz CT molecular complexity index is 1180. The number of rotatable bonds is 13. The molecule has 0 saturated carbocycles. The Labute approximate surface area is 227 Å². The third-order valence-corrected chi connectivity index (χ3v) is 7.51. The second-order valence-corrected chi connectivity index (χ2v) is 12.3. The molecule has 0 bridgehead atoms. The van der Waals surface area contributed by atoms with E-state index in [0.717, 1.165) is 22.9 Å². The summed E-state index contributed by atoms with van der Waals surface area (Å²) >= 11 is 6.13. The molecule has 0 heterocycles. The molecule has 2 amide bonds. The highest BCUT2D eigenvalue weighted by molar-refractivity contribution is 7.92. The molecule has 2 rings (SSSR count). The number of sulfonamides is 1. The lowest BCUT2D eigenvalue weighted by molar-refractivity contribution is -0.141. The smallest absolute Gasteiger partial charge is 0.242 e. The number of carbonyl (C=O) groups is 2. The number of anilines is 1. The van der Waals surface area contributed by atoms with Gasteiger partial charge in [0, 0.05) is 31.1 Å². The molecule has 0 saturated heterocycles. The SMILES string of the molecule is CC[C@@H](C(=O)NCC(C)C)N(Cc1cccc(C)c1)C(=O)CCCN(c1cc(Cl)ccc1C)S(C)(=O)=O. The van der Waals surface area contributed by atoms with E-state index in [1.165, 1.54) is 4.31 Å². The van der Waals surface area contributed by atoms with Crippen molar-refractivity contribution >= 4 is 39.1 Å². The first-order chi connectivity index (χ1) is 17.3. The molecule has 1 atom stereocenters. The Morgan fingerprint density at radius 2 is 1.78 bits per heavy atom. The van der Waals surface area contributed by atoms with Gasteiger partial charge < -0.3 is 10.2 Å². The van der Waals surface area contributed by atoms with Gasteiger partial charge in [0.2, 0.25) is 21.8 Å². The van der Waals surface area contributed by atoms with Crippen LogP contribution in [0.5, 0.6) is 0 Å². The number of halogens is 1. The number of hydrogen-bond acceptors (Lipinski definition) is 4. The highest BCUT2D eigenvalue weighted by Gasteiger charge is 2.29. The predicted octanol–water partition coefficient (Wildman–Crippen LogP) is 5.08. The van der Waals surface area contributed by atoms with Gasteiger partial charge >= 0.3 is 0 Å². The molecule has 0 spiro atoms. The van der Waals surface area contributed by atoms with Crippen LogP contribution in [-0.2, 0) is 26.2 Å². The zero-order chi connectivity index (χ0) is 27.8. The van der Waals surface area contributed by atoms with Crippen molar-refractivity contribution in [2.45, 2.75) is 66.5 Å². The summed E-state index contributed by atoms with van der Waals surface area (Å²) in [5.74, 6) is -0.0758. The van der Waals surface area contributed by atoms with E-state index in [1.54, 1.807) is 23.1 Å². The summed E-state index contributed by atoms with van der Waals surface area (Å²) in [6, 6.07) is 12.4. The van der Waals surface area contributed by atoms with E-state index in [4.69, 9.17) is 11.6 Å². The maximum atomic E-state index is 13.5. The summed E-state index contributed by atoms with van der Waals surface area (Å²) in [6.07, 6.45) is 2.02. The van der Waals surface area contributed by atoms with Gasteiger partial charge in [-0.25, -0.2) is 8.42 Å². The molecule has 204 valence electrons. The highest BCUT2D eigenvalue weighted by Crippen LogP contribution is 2.27. The van der Waals surface area contributed by atoms with E-state index in [2.05, 4.69) is 5.32 Å². The van der Waals surface area contributed by atoms with Gasteiger partial charge in [-0.15, -0.1) is 0 Å². The van der Waals surface area contributed by atoms with Crippen LogP contribution in [0.25, 0.3) is 0 Å². The molecular formula is C28H40ClN3O4S. The average molecular weight is 550 g/mol. The Morgan fingerprint density at radius 3 is 2.38 bits per heavy atom. The topological polar surface area (TPSA) is 86.8 Å². The molecule has 1 N–H and O–H groups in total. The Balaban J connectivity index is 2.24. The van der Waals surface area contributed by atoms with Crippen molar-refractivity contribution < 1.29 is 18.0 Å². The van der Waals surface area contributed by atoms with Gasteiger partial charge in [-0.05, 0) is 55.9 Å². The van der Waals surface area contributed by atoms with Crippen LogP contribution in [0.15, 0.2) is 42.5 Å². The van der Waals surface area contributed by atoms with Gasteiger partial charge in [-0.1, -0.05) is 68.3 Å². The number of carbonyl (C=O) groups excluding carboxylic acids is 2. The first-order valence-corrected chi connectivity index (χ1v) is 14.9. The van der Waals surface area contributed by atoms with Crippen molar-refractivity contribution in [2.75, 3.05) is 23.7 Å². The average Bonchev–Trinajstić information content (AvgIpc) is 2.81. The lowest BCUT2D eigenvalue weighted by atomic mass is 10.1. The monoisotopic (exact) mass is 549 g/mol. The highest BCUT2D eigenvalue weighted by atomic mass is 35.5. The largest absolute Gasteiger partial charge is 0.354 e. The molecule has 2 aromatic carbocycles. The van der Waals surface area contributed by atoms with Gasteiger partial charge in [0.1, 0.15) is 6.04 Å². The fraction of sp³-hybridized carbons (Fsp3) is 0.500. The number of aryl methyl sites for hydroxylation is 2. The first-order valence-electron chi connectivity index (χ1n) is 12.7. The van der Waals surface area contributed by atoms with Crippen LogP contribution in [0.4, 0.5) is 5.69 Å². The molecule has 0 fully saturated rings. The van der Waals surface area contributed by atoms with Crippen LogP contribution >= 0.6 is 11.6 Å². The van der Waals surface area contributed by atoms with E-state index in [9.17, 15) is 18.0 Å². The molecular weight excluding hydrogens is 510 g/mol. The second kappa shape index (κ2) is 13.8. The molecule has 0 aliphatic rings. The minimum absolute atomic E-state index is 0.103. The van der Waals surface area contributed by atoms with Crippen molar-refractivity contribution in [1.82, 2.24) is 10.2 Å². The summed E-state index contributed by atoms with van der Waals surface area (Å²) in [6.45, 7) is 10.7. The van der Waals surface area contributed by atoms with E-state index >= 15 is 0 Å². The fourth-order valence-corrected chi connectivity index (χ4v) is 5.36. The van der Waals surface area contributed by atoms with Gasteiger partial charge in [0.15, 0.2) is 0 Å². The van der Waals surface area contributed by atoms with Crippen LogP contribution < -0.4 is 9.62 Å². The van der Waals surface area contributed by atoms with Crippen LogP contribution in [0, 0.1) is 19.8 Å². The van der Waals surface area contributed by atoms with Crippen LogP contribution in [0.3, 0.4) is 0 Å².